The minimum atomic E-state index is -1.89. The van der Waals surface area contributed by atoms with E-state index in [4.69, 9.17) is 16.0 Å². The van der Waals surface area contributed by atoms with Gasteiger partial charge in [-0.05, 0) is 65.9 Å². The maximum Gasteiger partial charge on any atom is 0.409 e. The molecule has 8 heteroatoms. The van der Waals surface area contributed by atoms with Gasteiger partial charge in [0.2, 0.25) is 5.91 Å². The van der Waals surface area contributed by atoms with E-state index in [-0.39, 0.29) is 10.9 Å². The fraction of sp³-hybridized carbons (Fsp3) is 0.333. The van der Waals surface area contributed by atoms with Crippen LogP contribution in [0.4, 0.5) is 16.2 Å². The number of hydrogen-bond donors (Lipinski definition) is 3. The first-order valence-electron chi connectivity index (χ1n) is 12.8. The van der Waals surface area contributed by atoms with Gasteiger partial charge in [0.15, 0.2) is 8.32 Å². The largest absolute Gasteiger partial charge is 0.465 e. The number of halogens is 1. The number of benzene rings is 3. The summed E-state index contributed by atoms with van der Waals surface area (Å²) in [6, 6.07) is 20.8. The van der Waals surface area contributed by atoms with Crippen molar-refractivity contribution in [2.24, 2.45) is 0 Å². The van der Waals surface area contributed by atoms with Crippen LogP contribution in [0.1, 0.15) is 44.7 Å². The molecule has 0 bridgehead atoms. The van der Waals surface area contributed by atoms with E-state index < -0.39 is 14.4 Å². The van der Waals surface area contributed by atoms with Gasteiger partial charge in [-0.3, -0.25) is 10.1 Å². The maximum atomic E-state index is 12.6. The van der Waals surface area contributed by atoms with Crippen LogP contribution in [0, 0.1) is 0 Å². The zero-order valence-corrected chi connectivity index (χ0v) is 24.5. The molecule has 0 atom stereocenters. The minimum Gasteiger partial charge on any atom is -0.465 e. The Bertz CT molecular complexity index is 1270. The second-order valence-corrected chi connectivity index (χ2v) is 16.1. The van der Waals surface area contributed by atoms with Gasteiger partial charge in [-0.15, -0.1) is 0 Å². The van der Waals surface area contributed by atoms with Gasteiger partial charge in [0.1, 0.15) is 0 Å². The average molecular weight is 553 g/mol. The Labute approximate surface area is 231 Å². The van der Waals surface area contributed by atoms with Crippen LogP contribution in [0.3, 0.4) is 0 Å². The molecule has 0 spiro atoms. The van der Waals surface area contributed by atoms with Gasteiger partial charge in [0.25, 0.3) is 0 Å². The monoisotopic (exact) mass is 552 g/mol. The highest BCUT2D eigenvalue weighted by atomic mass is 35.5. The average Bonchev–Trinajstić information content (AvgIpc) is 2.83. The molecule has 3 aromatic carbocycles. The van der Waals surface area contributed by atoms with Crippen molar-refractivity contribution in [1.82, 2.24) is 0 Å². The molecule has 6 nitrogen and oxygen atoms in total. The summed E-state index contributed by atoms with van der Waals surface area (Å²) in [6.07, 6.45) is 0.474. The van der Waals surface area contributed by atoms with Crippen LogP contribution in [0.2, 0.25) is 23.2 Å². The number of aryl methyl sites for hydroxylation is 1. The lowest BCUT2D eigenvalue weighted by molar-refractivity contribution is -0.116. The van der Waals surface area contributed by atoms with Crippen molar-refractivity contribution in [1.29, 1.82) is 0 Å². The molecule has 3 rings (SSSR count). The molecule has 0 heterocycles. The van der Waals surface area contributed by atoms with Crippen molar-refractivity contribution in [2.45, 2.75) is 64.8 Å². The number of anilines is 2. The number of carboxylic acid groups (broad SMARTS) is 1. The number of carbonyl (C=O) groups excluding carboxylic acids is 1. The van der Waals surface area contributed by atoms with Crippen molar-refractivity contribution in [3.05, 3.63) is 82.9 Å². The quantitative estimate of drug-likeness (QED) is 0.220. The van der Waals surface area contributed by atoms with Crippen LogP contribution in [0.5, 0.6) is 0 Å². The van der Waals surface area contributed by atoms with E-state index in [0.717, 1.165) is 22.3 Å². The number of nitrogens with one attached hydrogen (secondary N) is 2. The fourth-order valence-corrected chi connectivity index (χ4v) is 4.91. The highest BCUT2D eigenvalue weighted by molar-refractivity contribution is 6.74. The second-order valence-electron chi connectivity index (χ2n) is 10.9. The van der Waals surface area contributed by atoms with Gasteiger partial charge in [0, 0.05) is 22.7 Å². The van der Waals surface area contributed by atoms with E-state index in [2.05, 4.69) is 44.5 Å². The van der Waals surface area contributed by atoms with Gasteiger partial charge in [-0.2, -0.15) is 0 Å². The van der Waals surface area contributed by atoms with Crippen LogP contribution in [-0.4, -0.2) is 25.4 Å². The lowest BCUT2D eigenvalue weighted by Crippen LogP contribution is -2.40. The summed E-state index contributed by atoms with van der Waals surface area (Å²) in [5.74, 6) is -0.101. The molecule has 3 N–H and O–H groups in total. The first-order valence-corrected chi connectivity index (χ1v) is 16.0. The lowest BCUT2D eigenvalue weighted by atomic mass is 9.99. The summed E-state index contributed by atoms with van der Waals surface area (Å²) in [6.45, 7) is 11.5. The highest BCUT2D eigenvalue weighted by Gasteiger charge is 2.37. The summed E-state index contributed by atoms with van der Waals surface area (Å²) in [5, 5.41) is 15.4. The van der Waals surface area contributed by atoms with Gasteiger partial charge < -0.3 is 14.8 Å². The third-order valence-corrected chi connectivity index (χ3v) is 11.8. The molecule has 38 heavy (non-hydrogen) atoms. The summed E-state index contributed by atoms with van der Waals surface area (Å²) in [7, 11) is -1.89. The smallest absolute Gasteiger partial charge is 0.409 e. The fourth-order valence-electron chi connectivity index (χ4n) is 3.73. The van der Waals surface area contributed by atoms with E-state index in [0.29, 0.717) is 42.3 Å². The van der Waals surface area contributed by atoms with Crippen LogP contribution in [0.15, 0.2) is 66.7 Å². The zero-order chi connectivity index (χ0) is 27.9. The lowest BCUT2D eigenvalue weighted by Gasteiger charge is -2.36. The molecular formula is C30H37ClN2O4Si. The van der Waals surface area contributed by atoms with Crippen LogP contribution in [-0.2, 0) is 22.2 Å². The molecule has 3 aromatic rings. The van der Waals surface area contributed by atoms with E-state index in [1.165, 1.54) is 0 Å². The van der Waals surface area contributed by atoms with Crippen LogP contribution < -0.4 is 10.6 Å². The van der Waals surface area contributed by atoms with Gasteiger partial charge in [0.05, 0.1) is 12.3 Å². The Kier molecular flexibility index (Phi) is 9.76. The standard InChI is InChI=1S/C30H37ClN2O4Si/c1-30(2,3)38(4,5)37-20-23-15-16-24(19-26(23)31)32-28(34)13-9-10-21-14-17-25(22-11-7-6-8-12-22)27(18-21)33-29(35)36/h6-8,11-12,14-19,33H,9-10,13,20H2,1-5H3,(H,32,34)(H,35,36). The number of amides is 2. The SMILES string of the molecule is CC(C)(C)[Si](C)(C)OCc1ccc(NC(=O)CCCc2ccc(-c3ccccc3)c(NC(=O)O)c2)cc1Cl. The van der Waals surface area contributed by atoms with Crippen molar-refractivity contribution in [3.8, 4) is 11.1 Å². The summed E-state index contributed by atoms with van der Waals surface area (Å²) in [4.78, 5) is 23.9. The third kappa shape index (κ3) is 8.18. The predicted octanol–water partition coefficient (Wildman–Crippen LogP) is 8.58. The Balaban J connectivity index is 1.55. The molecule has 0 aromatic heterocycles. The zero-order valence-electron chi connectivity index (χ0n) is 22.7. The number of rotatable bonds is 10. The molecule has 2 amide bonds. The van der Waals surface area contributed by atoms with Crippen molar-refractivity contribution in [3.63, 3.8) is 0 Å². The molecule has 202 valence electrons. The molecule has 0 unspecified atom stereocenters. The Morgan fingerprint density at radius 3 is 2.32 bits per heavy atom. The summed E-state index contributed by atoms with van der Waals surface area (Å²) in [5.41, 5.74) is 4.77. The van der Waals surface area contributed by atoms with E-state index in [1.54, 1.807) is 6.07 Å². The molecule has 0 aliphatic rings. The Morgan fingerprint density at radius 2 is 1.68 bits per heavy atom. The highest BCUT2D eigenvalue weighted by Crippen LogP contribution is 2.37. The van der Waals surface area contributed by atoms with Crippen molar-refractivity contribution < 1.29 is 19.1 Å². The molecular weight excluding hydrogens is 516 g/mol. The first-order chi connectivity index (χ1) is 17.9. The van der Waals surface area contributed by atoms with Gasteiger partial charge in [-0.1, -0.05) is 80.9 Å². The molecule has 0 aliphatic carbocycles. The Hall–Kier alpha value is -3.13. The molecule has 0 saturated carbocycles. The van der Waals surface area contributed by atoms with E-state index >= 15 is 0 Å². The Morgan fingerprint density at radius 1 is 0.974 bits per heavy atom. The summed E-state index contributed by atoms with van der Waals surface area (Å²) >= 11 is 6.48. The van der Waals surface area contributed by atoms with Crippen molar-refractivity contribution in [2.75, 3.05) is 10.6 Å². The van der Waals surface area contributed by atoms with E-state index in [1.807, 2.05) is 60.7 Å². The second kappa shape index (κ2) is 12.6. The molecule has 0 aliphatic heterocycles. The first kappa shape index (κ1) is 29.4. The number of carbonyl (C=O) groups is 2. The number of hydrogen-bond acceptors (Lipinski definition) is 3. The van der Waals surface area contributed by atoms with Crippen LogP contribution in [0.25, 0.3) is 11.1 Å². The topological polar surface area (TPSA) is 87.7 Å². The predicted molar refractivity (Wildman–Crippen MR) is 159 cm³/mol. The molecule has 0 radical (unpaired) electrons. The normalized spacial score (nSPS) is 11.7. The molecule has 0 saturated heterocycles. The maximum absolute atomic E-state index is 12.6. The van der Waals surface area contributed by atoms with Crippen molar-refractivity contribution >= 4 is 43.3 Å². The molecule has 0 fully saturated rings. The summed E-state index contributed by atoms with van der Waals surface area (Å²) < 4.78 is 6.27. The van der Waals surface area contributed by atoms with Gasteiger partial charge in [-0.25, -0.2) is 4.79 Å². The van der Waals surface area contributed by atoms with E-state index in [9.17, 15) is 14.7 Å². The van der Waals surface area contributed by atoms with Gasteiger partial charge >= 0.3 is 6.09 Å². The third-order valence-electron chi connectivity index (χ3n) is 7.01. The minimum absolute atomic E-state index is 0.101. The van der Waals surface area contributed by atoms with Crippen LogP contribution >= 0.6 is 11.6 Å².